The van der Waals surface area contributed by atoms with Crippen molar-refractivity contribution in [1.82, 2.24) is 10.2 Å². The predicted octanol–water partition coefficient (Wildman–Crippen LogP) is 0.398. The average Bonchev–Trinajstić information content (AvgIpc) is 2.36. The first kappa shape index (κ1) is 14.0. The van der Waals surface area contributed by atoms with Crippen LogP contribution in [0.5, 0.6) is 0 Å². The molecular formula is C12H22N2O3. The maximum atomic E-state index is 11.3. The molecule has 5 heteroatoms. The normalized spacial score (nSPS) is 17.8. The molecule has 0 unspecified atom stereocenters. The molecule has 0 atom stereocenters. The molecule has 0 aromatic rings. The molecule has 5 nitrogen and oxygen atoms in total. The molecule has 1 saturated heterocycles. The van der Waals surface area contributed by atoms with Gasteiger partial charge in [-0.1, -0.05) is 0 Å². The molecule has 0 radical (unpaired) electrons. The van der Waals surface area contributed by atoms with Crippen molar-refractivity contribution < 1.29 is 14.3 Å². The molecule has 0 aliphatic carbocycles. The van der Waals surface area contributed by atoms with Crippen molar-refractivity contribution in [3.8, 4) is 0 Å². The number of ether oxygens (including phenoxy) is 1. The third-order valence-corrected chi connectivity index (χ3v) is 3.15. The Bertz CT molecular complexity index is 260. The smallest absolute Gasteiger partial charge is 0.308 e. The quantitative estimate of drug-likeness (QED) is 0.709. The fourth-order valence-electron chi connectivity index (χ4n) is 2.10. The second-order valence-corrected chi connectivity index (χ2v) is 4.34. The van der Waals surface area contributed by atoms with Gasteiger partial charge < -0.3 is 15.0 Å². The van der Waals surface area contributed by atoms with E-state index in [9.17, 15) is 9.59 Å². The van der Waals surface area contributed by atoms with Crippen LogP contribution in [-0.4, -0.2) is 50.1 Å². The first-order chi connectivity index (χ1) is 8.17. The summed E-state index contributed by atoms with van der Waals surface area (Å²) >= 11 is 0. The zero-order chi connectivity index (χ0) is 12.7. The Labute approximate surface area is 102 Å². The molecule has 1 fully saturated rings. The first-order valence-corrected chi connectivity index (χ1v) is 6.24. The van der Waals surface area contributed by atoms with Crippen molar-refractivity contribution in [2.24, 2.45) is 5.92 Å². The van der Waals surface area contributed by atoms with E-state index in [1.807, 2.05) is 6.92 Å². The van der Waals surface area contributed by atoms with Crippen LogP contribution in [0.15, 0.2) is 0 Å². The van der Waals surface area contributed by atoms with Crippen LogP contribution in [0.2, 0.25) is 0 Å². The number of amides is 1. The molecule has 1 N–H and O–H groups in total. The predicted molar refractivity (Wildman–Crippen MR) is 64.5 cm³/mol. The number of methoxy groups -OCH3 is 1. The molecule has 1 aliphatic heterocycles. The molecule has 0 spiro atoms. The maximum absolute atomic E-state index is 11.3. The van der Waals surface area contributed by atoms with E-state index in [0.717, 1.165) is 32.5 Å². The Morgan fingerprint density at radius 2 is 2.00 bits per heavy atom. The molecule has 98 valence electrons. The van der Waals surface area contributed by atoms with Crippen LogP contribution in [0.3, 0.4) is 0 Å². The van der Waals surface area contributed by atoms with Crippen molar-refractivity contribution in [3.05, 3.63) is 0 Å². The van der Waals surface area contributed by atoms with E-state index < -0.39 is 0 Å². The van der Waals surface area contributed by atoms with Crippen LogP contribution in [0.1, 0.15) is 26.2 Å². The maximum Gasteiger partial charge on any atom is 0.308 e. The summed E-state index contributed by atoms with van der Waals surface area (Å²) in [5.41, 5.74) is 0. The number of nitrogens with one attached hydrogen (secondary N) is 1. The standard InChI is InChI=1S/C12H22N2O3/c1-3-13-11(15)6-9-14-7-4-10(5-8-14)12(16)17-2/h10H,3-9H2,1-2H3,(H,13,15). The van der Waals surface area contributed by atoms with Crippen LogP contribution in [0.4, 0.5) is 0 Å². The third-order valence-electron chi connectivity index (χ3n) is 3.15. The summed E-state index contributed by atoms with van der Waals surface area (Å²) in [5, 5.41) is 2.78. The molecule has 0 aromatic carbocycles. The van der Waals surface area contributed by atoms with Crippen molar-refractivity contribution in [3.63, 3.8) is 0 Å². The van der Waals surface area contributed by atoms with E-state index in [0.29, 0.717) is 13.0 Å². The minimum absolute atomic E-state index is 0.0423. The highest BCUT2D eigenvalue weighted by molar-refractivity contribution is 5.76. The number of hydrogen-bond donors (Lipinski definition) is 1. The van der Waals surface area contributed by atoms with E-state index >= 15 is 0 Å². The summed E-state index contributed by atoms with van der Waals surface area (Å²) < 4.78 is 4.73. The van der Waals surface area contributed by atoms with Gasteiger partial charge in [-0.2, -0.15) is 0 Å². The zero-order valence-corrected chi connectivity index (χ0v) is 10.7. The molecule has 0 aromatic heterocycles. The largest absolute Gasteiger partial charge is 0.469 e. The van der Waals surface area contributed by atoms with E-state index in [1.165, 1.54) is 7.11 Å². The van der Waals surface area contributed by atoms with Gasteiger partial charge >= 0.3 is 5.97 Å². The number of hydrogen-bond acceptors (Lipinski definition) is 4. The van der Waals surface area contributed by atoms with Gasteiger partial charge in [0.15, 0.2) is 0 Å². The summed E-state index contributed by atoms with van der Waals surface area (Å²) in [6.45, 7) is 5.13. The molecule has 0 bridgehead atoms. The Morgan fingerprint density at radius 1 is 1.35 bits per heavy atom. The zero-order valence-electron chi connectivity index (χ0n) is 10.7. The van der Waals surface area contributed by atoms with Gasteiger partial charge in [0.2, 0.25) is 5.91 Å². The van der Waals surface area contributed by atoms with Crippen LogP contribution in [0.25, 0.3) is 0 Å². The molecule has 1 rings (SSSR count). The molecule has 17 heavy (non-hydrogen) atoms. The highest BCUT2D eigenvalue weighted by Gasteiger charge is 2.25. The fraction of sp³-hybridized carbons (Fsp3) is 0.833. The van der Waals surface area contributed by atoms with Gasteiger partial charge in [0.25, 0.3) is 0 Å². The lowest BCUT2D eigenvalue weighted by Gasteiger charge is -2.30. The lowest BCUT2D eigenvalue weighted by atomic mass is 9.97. The minimum Gasteiger partial charge on any atom is -0.469 e. The Hall–Kier alpha value is -1.10. The molecule has 1 heterocycles. The van der Waals surface area contributed by atoms with E-state index in [-0.39, 0.29) is 17.8 Å². The lowest BCUT2D eigenvalue weighted by Crippen LogP contribution is -2.38. The minimum atomic E-state index is -0.103. The van der Waals surface area contributed by atoms with Crippen molar-refractivity contribution in [2.75, 3.05) is 33.3 Å². The van der Waals surface area contributed by atoms with Gasteiger partial charge in [0.05, 0.1) is 13.0 Å². The topological polar surface area (TPSA) is 58.6 Å². The monoisotopic (exact) mass is 242 g/mol. The summed E-state index contributed by atoms with van der Waals surface area (Å²) in [6.07, 6.45) is 2.21. The second-order valence-electron chi connectivity index (χ2n) is 4.34. The Balaban J connectivity index is 2.19. The van der Waals surface area contributed by atoms with Crippen molar-refractivity contribution in [1.29, 1.82) is 0 Å². The van der Waals surface area contributed by atoms with E-state index in [4.69, 9.17) is 4.74 Å². The number of nitrogens with zero attached hydrogens (tertiary/aromatic N) is 1. The molecule has 1 aliphatic rings. The lowest BCUT2D eigenvalue weighted by molar-refractivity contribution is -0.147. The SMILES string of the molecule is CCNC(=O)CCN1CCC(C(=O)OC)CC1. The van der Waals surface area contributed by atoms with E-state index in [1.54, 1.807) is 0 Å². The number of carbonyl (C=O) groups is 2. The number of piperidine rings is 1. The van der Waals surface area contributed by atoms with Crippen molar-refractivity contribution >= 4 is 11.9 Å². The van der Waals surface area contributed by atoms with Gasteiger partial charge in [-0.3, -0.25) is 9.59 Å². The number of likely N-dealkylation sites (tertiary alicyclic amines) is 1. The number of carbonyl (C=O) groups excluding carboxylic acids is 2. The van der Waals surface area contributed by atoms with Gasteiger partial charge in [0.1, 0.15) is 0 Å². The van der Waals surface area contributed by atoms with Gasteiger partial charge in [-0.25, -0.2) is 0 Å². The molecule has 1 amide bonds. The van der Waals surface area contributed by atoms with Crippen LogP contribution < -0.4 is 5.32 Å². The Morgan fingerprint density at radius 3 is 2.53 bits per heavy atom. The highest BCUT2D eigenvalue weighted by atomic mass is 16.5. The summed E-state index contributed by atoms with van der Waals surface area (Å²) in [4.78, 5) is 24.8. The Kier molecular flexibility index (Phi) is 5.97. The number of rotatable bonds is 5. The van der Waals surface area contributed by atoms with Crippen LogP contribution in [-0.2, 0) is 14.3 Å². The summed E-state index contributed by atoms with van der Waals surface area (Å²) in [5.74, 6) is 0.0386. The van der Waals surface area contributed by atoms with E-state index in [2.05, 4.69) is 10.2 Å². The summed E-state index contributed by atoms with van der Waals surface area (Å²) in [6, 6.07) is 0. The van der Waals surface area contributed by atoms with Gasteiger partial charge in [0, 0.05) is 19.5 Å². The second kappa shape index (κ2) is 7.27. The fourth-order valence-corrected chi connectivity index (χ4v) is 2.10. The molecular weight excluding hydrogens is 220 g/mol. The van der Waals surface area contributed by atoms with Crippen molar-refractivity contribution in [2.45, 2.75) is 26.2 Å². The third kappa shape index (κ3) is 4.73. The summed E-state index contributed by atoms with van der Waals surface area (Å²) in [7, 11) is 1.43. The number of esters is 1. The highest BCUT2D eigenvalue weighted by Crippen LogP contribution is 2.18. The molecule has 0 saturated carbocycles. The van der Waals surface area contributed by atoms with Crippen LogP contribution >= 0.6 is 0 Å². The average molecular weight is 242 g/mol. The van der Waals surface area contributed by atoms with Gasteiger partial charge in [-0.05, 0) is 32.9 Å². The van der Waals surface area contributed by atoms with Gasteiger partial charge in [-0.15, -0.1) is 0 Å². The van der Waals surface area contributed by atoms with Crippen LogP contribution in [0, 0.1) is 5.92 Å². The first-order valence-electron chi connectivity index (χ1n) is 6.24.